The van der Waals surface area contributed by atoms with Gasteiger partial charge < -0.3 is 10.8 Å². The third-order valence-electron chi connectivity index (χ3n) is 1.48. The van der Waals surface area contributed by atoms with Crippen molar-refractivity contribution in [3.05, 3.63) is 0 Å². The van der Waals surface area contributed by atoms with E-state index in [2.05, 4.69) is 0 Å². The zero-order valence-electron chi connectivity index (χ0n) is 7.51. The van der Waals surface area contributed by atoms with E-state index in [9.17, 15) is 13.2 Å². The second kappa shape index (κ2) is 5.67. The Hall–Kier alpha value is -0.0000000000000000555. The highest BCUT2D eigenvalue weighted by Gasteiger charge is 2.42. The van der Waals surface area contributed by atoms with Gasteiger partial charge in [0.15, 0.2) is 6.10 Å². The summed E-state index contributed by atoms with van der Waals surface area (Å²) in [5.74, 6) is 0.0528. The van der Waals surface area contributed by atoms with Gasteiger partial charge in [-0.25, -0.2) is 0 Å². The normalized spacial score (nSPS) is 16.6. The van der Waals surface area contributed by atoms with Crippen LogP contribution in [0.3, 0.4) is 0 Å². The van der Waals surface area contributed by atoms with Gasteiger partial charge in [-0.05, 0) is 12.3 Å². The number of nitrogens with two attached hydrogens (primary N) is 1. The van der Waals surface area contributed by atoms with Crippen LogP contribution in [-0.4, -0.2) is 23.4 Å². The molecule has 0 rings (SSSR count). The van der Waals surface area contributed by atoms with E-state index >= 15 is 0 Å². The zero-order chi connectivity index (χ0) is 9.94. The summed E-state index contributed by atoms with van der Waals surface area (Å²) in [6.45, 7) is 3.51. The summed E-state index contributed by atoms with van der Waals surface area (Å²) in [4.78, 5) is 0. The summed E-state index contributed by atoms with van der Waals surface area (Å²) in [7, 11) is 0. The quantitative estimate of drug-likeness (QED) is 0.762. The van der Waals surface area contributed by atoms with Crippen molar-refractivity contribution in [2.24, 2.45) is 11.7 Å². The van der Waals surface area contributed by atoms with Crippen molar-refractivity contribution in [3.8, 4) is 0 Å². The van der Waals surface area contributed by atoms with Gasteiger partial charge in [-0.1, -0.05) is 13.8 Å². The summed E-state index contributed by atoms with van der Waals surface area (Å²) in [6.07, 6.45) is -6.84. The van der Waals surface area contributed by atoms with Crippen LogP contribution in [-0.2, 0) is 0 Å². The van der Waals surface area contributed by atoms with E-state index in [1.165, 1.54) is 0 Å². The fourth-order valence-electron chi connectivity index (χ4n) is 0.916. The van der Waals surface area contributed by atoms with Crippen LogP contribution in [0.2, 0.25) is 0 Å². The first-order chi connectivity index (χ1) is 5.25. The second-order valence-electron chi connectivity index (χ2n) is 3.28. The molecule has 2 unspecified atom stereocenters. The lowest BCUT2D eigenvalue weighted by Gasteiger charge is -2.22. The predicted octanol–water partition coefficient (Wildman–Crippen LogP) is 1.70. The number of halogens is 4. The van der Waals surface area contributed by atoms with Crippen molar-refractivity contribution in [1.29, 1.82) is 0 Å². The van der Waals surface area contributed by atoms with Gasteiger partial charge >= 0.3 is 6.18 Å². The third-order valence-corrected chi connectivity index (χ3v) is 1.48. The Bertz CT molecular complexity index is 140. The van der Waals surface area contributed by atoms with Crippen molar-refractivity contribution in [3.63, 3.8) is 0 Å². The van der Waals surface area contributed by atoms with E-state index < -0.39 is 18.3 Å². The minimum atomic E-state index is -4.60. The number of aliphatic hydroxyl groups excluding tert-OH is 1. The van der Waals surface area contributed by atoms with Crippen molar-refractivity contribution < 1.29 is 18.3 Å². The lowest BCUT2D eigenvalue weighted by Crippen LogP contribution is -2.45. The molecule has 0 radical (unpaired) electrons. The SMILES string of the molecule is CC(C)CC(N)C(O)C(F)(F)F.Cl. The number of hydrogen-bond donors (Lipinski definition) is 2. The molecule has 2 atom stereocenters. The highest BCUT2D eigenvalue weighted by atomic mass is 35.5. The van der Waals surface area contributed by atoms with Crippen molar-refractivity contribution in [1.82, 2.24) is 0 Å². The monoisotopic (exact) mass is 221 g/mol. The minimum absolute atomic E-state index is 0. The maximum absolute atomic E-state index is 11.8. The molecule has 0 aromatic heterocycles. The average Bonchev–Trinajstić information content (AvgIpc) is 1.82. The van der Waals surface area contributed by atoms with Gasteiger partial charge in [0.25, 0.3) is 0 Å². The van der Waals surface area contributed by atoms with Crippen LogP contribution in [0, 0.1) is 5.92 Å². The molecule has 2 nitrogen and oxygen atoms in total. The second-order valence-corrected chi connectivity index (χ2v) is 3.28. The number of alkyl halides is 3. The maximum atomic E-state index is 11.8. The Labute approximate surface area is 81.7 Å². The minimum Gasteiger partial charge on any atom is -0.382 e. The van der Waals surface area contributed by atoms with E-state index in [0.717, 1.165) is 0 Å². The van der Waals surface area contributed by atoms with Crippen LogP contribution in [0.5, 0.6) is 0 Å². The molecule has 0 aromatic rings. The number of aliphatic hydroxyl groups is 1. The molecule has 0 spiro atoms. The number of hydrogen-bond acceptors (Lipinski definition) is 2. The molecular formula is C7H15ClF3NO. The van der Waals surface area contributed by atoms with Gasteiger partial charge in [-0.2, -0.15) is 13.2 Å². The molecule has 6 heteroatoms. The first-order valence-electron chi connectivity index (χ1n) is 3.75. The molecule has 13 heavy (non-hydrogen) atoms. The first-order valence-corrected chi connectivity index (χ1v) is 3.75. The average molecular weight is 222 g/mol. The Kier molecular flexibility index (Phi) is 6.75. The molecule has 0 aliphatic carbocycles. The van der Waals surface area contributed by atoms with Crippen LogP contribution in [0.4, 0.5) is 13.2 Å². The van der Waals surface area contributed by atoms with E-state index in [1.807, 2.05) is 0 Å². The topological polar surface area (TPSA) is 46.2 Å². The zero-order valence-corrected chi connectivity index (χ0v) is 8.32. The standard InChI is InChI=1S/C7H14F3NO.ClH/c1-4(2)3-5(11)6(12)7(8,9)10;/h4-6,12H,3,11H2,1-2H3;1H. The summed E-state index contributed by atoms with van der Waals surface area (Å²) in [5.41, 5.74) is 5.13. The smallest absolute Gasteiger partial charge is 0.382 e. The maximum Gasteiger partial charge on any atom is 0.415 e. The number of rotatable bonds is 3. The molecule has 0 amide bonds. The van der Waals surface area contributed by atoms with Crippen LogP contribution in [0.25, 0.3) is 0 Å². The Morgan fingerprint density at radius 2 is 1.69 bits per heavy atom. The van der Waals surface area contributed by atoms with E-state index in [4.69, 9.17) is 10.8 Å². The molecule has 0 aliphatic heterocycles. The largest absolute Gasteiger partial charge is 0.415 e. The molecule has 0 fully saturated rings. The molecule has 0 saturated carbocycles. The highest BCUT2D eigenvalue weighted by molar-refractivity contribution is 5.85. The van der Waals surface area contributed by atoms with Gasteiger partial charge in [-0.3, -0.25) is 0 Å². The van der Waals surface area contributed by atoms with Gasteiger partial charge in [0, 0.05) is 6.04 Å². The lowest BCUT2D eigenvalue weighted by molar-refractivity contribution is -0.210. The van der Waals surface area contributed by atoms with Crippen molar-refractivity contribution >= 4 is 12.4 Å². The summed E-state index contributed by atoms with van der Waals surface area (Å²) in [6, 6.07) is -1.22. The predicted molar refractivity (Wildman–Crippen MR) is 46.7 cm³/mol. The van der Waals surface area contributed by atoms with Crippen LogP contribution >= 0.6 is 12.4 Å². The van der Waals surface area contributed by atoms with E-state index in [0.29, 0.717) is 0 Å². The fraction of sp³-hybridized carbons (Fsp3) is 1.00. The molecule has 0 heterocycles. The Morgan fingerprint density at radius 1 is 1.31 bits per heavy atom. The summed E-state index contributed by atoms with van der Waals surface area (Å²) in [5, 5.41) is 8.65. The molecule has 3 N–H and O–H groups in total. The lowest BCUT2D eigenvalue weighted by atomic mass is 10.00. The Morgan fingerprint density at radius 3 is 1.92 bits per heavy atom. The highest BCUT2D eigenvalue weighted by Crippen LogP contribution is 2.23. The first kappa shape index (κ1) is 15.5. The molecule has 0 saturated heterocycles. The van der Waals surface area contributed by atoms with Gasteiger partial charge in [0.05, 0.1) is 0 Å². The van der Waals surface area contributed by atoms with Crippen LogP contribution < -0.4 is 5.73 Å². The van der Waals surface area contributed by atoms with Gasteiger partial charge in [0.2, 0.25) is 0 Å². The van der Waals surface area contributed by atoms with E-state index in [1.54, 1.807) is 13.8 Å². The molecule has 82 valence electrons. The molecular weight excluding hydrogens is 207 g/mol. The van der Waals surface area contributed by atoms with Crippen LogP contribution in [0.15, 0.2) is 0 Å². The fourth-order valence-corrected chi connectivity index (χ4v) is 0.916. The third kappa shape index (κ3) is 6.12. The molecule has 0 bridgehead atoms. The van der Waals surface area contributed by atoms with Crippen LogP contribution in [0.1, 0.15) is 20.3 Å². The molecule has 0 aromatic carbocycles. The summed E-state index contributed by atoms with van der Waals surface area (Å²) < 4.78 is 35.5. The molecule has 0 aliphatic rings. The van der Waals surface area contributed by atoms with Crippen molar-refractivity contribution in [2.75, 3.05) is 0 Å². The summed E-state index contributed by atoms with van der Waals surface area (Å²) >= 11 is 0. The Balaban J connectivity index is 0. The van der Waals surface area contributed by atoms with Gasteiger partial charge in [-0.15, -0.1) is 12.4 Å². The van der Waals surface area contributed by atoms with E-state index in [-0.39, 0.29) is 24.7 Å². The van der Waals surface area contributed by atoms with Crippen molar-refractivity contribution in [2.45, 2.75) is 38.6 Å². The van der Waals surface area contributed by atoms with Gasteiger partial charge in [0.1, 0.15) is 0 Å².